The molecule has 0 aromatic heterocycles. The van der Waals surface area contributed by atoms with Crippen LogP contribution in [0, 0.1) is 5.92 Å². The average molecular weight is 291 g/mol. The molecule has 1 aromatic carbocycles. The lowest BCUT2D eigenvalue weighted by Crippen LogP contribution is -2.58. The van der Waals surface area contributed by atoms with E-state index in [1.54, 1.807) is 0 Å². The van der Waals surface area contributed by atoms with E-state index in [0.29, 0.717) is 11.1 Å². The number of nitrogens with zero attached hydrogens (tertiary/aromatic N) is 1. The third-order valence-corrected chi connectivity index (χ3v) is 5.65. The SMILES string of the molecule is CN1C(C)(C)CC(Cc2ccc(CP)cc2)CC1(C)C. The molecule has 1 aliphatic rings. The average Bonchev–Trinajstić information content (AvgIpc) is 2.36. The van der Waals surface area contributed by atoms with Crippen LogP contribution >= 0.6 is 9.24 Å². The van der Waals surface area contributed by atoms with E-state index in [1.807, 2.05) is 0 Å². The van der Waals surface area contributed by atoms with Crippen LogP contribution in [0.3, 0.4) is 0 Å². The zero-order valence-corrected chi connectivity index (χ0v) is 14.9. The molecule has 1 saturated heterocycles. The van der Waals surface area contributed by atoms with Crippen molar-refractivity contribution in [2.45, 2.75) is 64.2 Å². The molecule has 0 bridgehead atoms. The molecule has 1 aromatic rings. The maximum Gasteiger partial charge on any atom is 0.0158 e. The Labute approximate surface area is 127 Å². The fourth-order valence-corrected chi connectivity index (χ4v) is 4.14. The molecule has 0 radical (unpaired) electrons. The molecule has 1 aliphatic heterocycles. The van der Waals surface area contributed by atoms with E-state index in [2.05, 4.69) is 73.1 Å². The van der Waals surface area contributed by atoms with Crippen LogP contribution < -0.4 is 0 Å². The molecule has 112 valence electrons. The lowest BCUT2D eigenvalue weighted by molar-refractivity contribution is -0.0296. The number of rotatable bonds is 3. The Morgan fingerprint density at radius 2 is 1.45 bits per heavy atom. The van der Waals surface area contributed by atoms with E-state index >= 15 is 0 Å². The molecule has 2 heteroatoms. The van der Waals surface area contributed by atoms with E-state index in [-0.39, 0.29) is 0 Å². The summed E-state index contributed by atoms with van der Waals surface area (Å²) in [4.78, 5) is 2.56. The molecule has 1 unspecified atom stereocenters. The fraction of sp³-hybridized carbons (Fsp3) is 0.667. The summed E-state index contributed by atoms with van der Waals surface area (Å²) in [5.74, 6) is 0.790. The van der Waals surface area contributed by atoms with Crippen LogP contribution in [-0.2, 0) is 12.6 Å². The monoisotopic (exact) mass is 291 g/mol. The number of hydrogen-bond acceptors (Lipinski definition) is 1. The molecule has 0 N–H and O–H groups in total. The van der Waals surface area contributed by atoms with Crippen molar-refractivity contribution in [2.75, 3.05) is 7.05 Å². The standard InChI is InChI=1S/C18H30NP/c1-17(2)11-16(12-18(3,4)19(17)5)10-14-6-8-15(13-20)9-7-14/h6-9,16H,10-13,20H2,1-5H3. The largest absolute Gasteiger partial charge is 0.296 e. The second kappa shape index (κ2) is 5.78. The van der Waals surface area contributed by atoms with Gasteiger partial charge in [-0.25, -0.2) is 0 Å². The Balaban J connectivity index is 2.09. The maximum atomic E-state index is 2.79. The fourth-order valence-electron chi connectivity index (χ4n) is 3.87. The number of piperidine rings is 1. The Hall–Kier alpha value is -0.390. The highest BCUT2D eigenvalue weighted by atomic mass is 31.0. The van der Waals surface area contributed by atoms with Crippen molar-refractivity contribution in [1.29, 1.82) is 0 Å². The molecule has 0 amide bonds. The van der Waals surface area contributed by atoms with Crippen molar-refractivity contribution < 1.29 is 0 Å². The van der Waals surface area contributed by atoms with Crippen molar-refractivity contribution in [1.82, 2.24) is 4.90 Å². The summed E-state index contributed by atoms with van der Waals surface area (Å²) in [6.45, 7) is 9.55. The summed E-state index contributed by atoms with van der Waals surface area (Å²) < 4.78 is 0. The van der Waals surface area contributed by atoms with Gasteiger partial charge in [0.25, 0.3) is 0 Å². The second-order valence-electron chi connectivity index (χ2n) is 7.68. The van der Waals surface area contributed by atoms with E-state index in [4.69, 9.17) is 0 Å². The van der Waals surface area contributed by atoms with Gasteiger partial charge >= 0.3 is 0 Å². The number of hydrogen-bond donors (Lipinski definition) is 0. The summed E-state index contributed by atoms with van der Waals surface area (Å²) in [7, 11) is 5.08. The van der Waals surface area contributed by atoms with Gasteiger partial charge in [-0.15, -0.1) is 9.24 Å². The molecule has 1 fully saturated rings. The Morgan fingerprint density at radius 3 is 1.90 bits per heavy atom. The van der Waals surface area contributed by atoms with Gasteiger partial charge in [-0.1, -0.05) is 24.3 Å². The van der Waals surface area contributed by atoms with Gasteiger partial charge < -0.3 is 0 Å². The Kier molecular flexibility index (Phi) is 4.62. The van der Waals surface area contributed by atoms with E-state index in [1.165, 1.54) is 30.4 Å². The lowest BCUT2D eigenvalue weighted by Gasteiger charge is -2.54. The van der Waals surface area contributed by atoms with Crippen LogP contribution in [0.25, 0.3) is 0 Å². The van der Waals surface area contributed by atoms with Gasteiger partial charge in [-0.05, 0) is 77.2 Å². The first-order valence-electron chi connectivity index (χ1n) is 7.76. The van der Waals surface area contributed by atoms with Crippen molar-refractivity contribution in [3.8, 4) is 0 Å². The lowest BCUT2D eigenvalue weighted by atomic mass is 9.72. The first-order valence-corrected chi connectivity index (χ1v) is 8.58. The minimum absolute atomic E-state index is 0.298. The second-order valence-corrected chi connectivity index (χ2v) is 8.09. The predicted octanol–water partition coefficient (Wildman–Crippen LogP) is 4.50. The van der Waals surface area contributed by atoms with E-state index < -0.39 is 0 Å². The molecule has 1 nitrogen and oxygen atoms in total. The minimum atomic E-state index is 0.298. The van der Waals surface area contributed by atoms with Gasteiger partial charge in [0.2, 0.25) is 0 Å². The van der Waals surface area contributed by atoms with Gasteiger partial charge in [0, 0.05) is 11.1 Å². The van der Waals surface area contributed by atoms with E-state index in [9.17, 15) is 0 Å². The van der Waals surface area contributed by atoms with Gasteiger partial charge in [-0.3, -0.25) is 4.90 Å². The summed E-state index contributed by atoms with van der Waals surface area (Å²) >= 11 is 0. The van der Waals surface area contributed by atoms with Crippen molar-refractivity contribution in [3.05, 3.63) is 35.4 Å². The van der Waals surface area contributed by atoms with Crippen LogP contribution in [0.2, 0.25) is 0 Å². The zero-order chi connectivity index (χ0) is 15.0. The highest BCUT2D eigenvalue weighted by Gasteiger charge is 2.42. The van der Waals surface area contributed by atoms with Crippen molar-refractivity contribution >= 4 is 9.24 Å². The molecule has 0 saturated carbocycles. The topological polar surface area (TPSA) is 3.24 Å². The van der Waals surface area contributed by atoms with Gasteiger partial charge in [0.15, 0.2) is 0 Å². The molecule has 1 heterocycles. The van der Waals surface area contributed by atoms with Crippen molar-refractivity contribution in [3.63, 3.8) is 0 Å². The van der Waals surface area contributed by atoms with Crippen LogP contribution in [0.15, 0.2) is 24.3 Å². The summed E-state index contributed by atoms with van der Waals surface area (Å²) in [5.41, 5.74) is 3.50. The Bertz CT molecular complexity index is 429. The summed E-state index contributed by atoms with van der Waals surface area (Å²) in [5, 5.41) is 0. The molecule has 2 rings (SSSR count). The van der Waals surface area contributed by atoms with Crippen LogP contribution in [0.5, 0.6) is 0 Å². The van der Waals surface area contributed by atoms with Gasteiger partial charge in [0.05, 0.1) is 0 Å². The number of benzene rings is 1. The van der Waals surface area contributed by atoms with E-state index in [0.717, 1.165) is 12.1 Å². The first kappa shape index (κ1) is 16.0. The normalized spacial score (nSPS) is 22.9. The van der Waals surface area contributed by atoms with Crippen LogP contribution in [0.1, 0.15) is 51.7 Å². The highest BCUT2D eigenvalue weighted by Crippen LogP contribution is 2.41. The third-order valence-electron chi connectivity index (χ3n) is 5.18. The molecular weight excluding hydrogens is 261 g/mol. The molecule has 0 spiro atoms. The van der Waals surface area contributed by atoms with Crippen LogP contribution in [-0.4, -0.2) is 23.0 Å². The number of likely N-dealkylation sites (tertiary alicyclic amines) is 1. The maximum absolute atomic E-state index is 2.79. The molecule has 1 atom stereocenters. The molecular formula is C18H30NP. The Morgan fingerprint density at radius 1 is 1.00 bits per heavy atom. The quantitative estimate of drug-likeness (QED) is 0.741. The van der Waals surface area contributed by atoms with Crippen molar-refractivity contribution in [2.24, 2.45) is 5.92 Å². The summed E-state index contributed by atoms with van der Waals surface area (Å²) in [6, 6.07) is 9.18. The van der Waals surface area contributed by atoms with Gasteiger partial charge in [-0.2, -0.15) is 0 Å². The third kappa shape index (κ3) is 3.43. The highest BCUT2D eigenvalue weighted by molar-refractivity contribution is 7.15. The summed E-state index contributed by atoms with van der Waals surface area (Å²) in [6.07, 6.45) is 4.85. The molecule has 20 heavy (non-hydrogen) atoms. The van der Waals surface area contributed by atoms with Crippen LogP contribution in [0.4, 0.5) is 0 Å². The minimum Gasteiger partial charge on any atom is -0.296 e. The first-order chi connectivity index (χ1) is 9.24. The predicted molar refractivity (Wildman–Crippen MR) is 92.2 cm³/mol. The molecule has 0 aliphatic carbocycles. The zero-order valence-electron chi connectivity index (χ0n) is 13.7. The van der Waals surface area contributed by atoms with Gasteiger partial charge in [0.1, 0.15) is 0 Å². The smallest absolute Gasteiger partial charge is 0.0158 e.